The van der Waals surface area contributed by atoms with Crippen LogP contribution >= 0.6 is 0 Å². The number of ether oxygens (including phenoxy) is 2. The van der Waals surface area contributed by atoms with Crippen LogP contribution in [0, 0.1) is 0 Å². The summed E-state index contributed by atoms with van der Waals surface area (Å²) in [7, 11) is 5.17. The van der Waals surface area contributed by atoms with E-state index in [4.69, 9.17) is 9.47 Å². The average Bonchev–Trinajstić information content (AvgIpc) is 3.40. The van der Waals surface area contributed by atoms with Crippen LogP contribution in [-0.4, -0.2) is 53.6 Å². The quantitative estimate of drug-likeness (QED) is 0.545. The van der Waals surface area contributed by atoms with Crippen molar-refractivity contribution < 1.29 is 19.1 Å². The highest BCUT2D eigenvalue weighted by molar-refractivity contribution is 6.04. The van der Waals surface area contributed by atoms with Gasteiger partial charge in [0.1, 0.15) is 5.82 Å². The lowest BCUT2D eigenvalue weighted by atomic mass is 9.96. The summed E-state index contributed by atoms with van der Waals surface area (Å²) in [4.78, 5) is 31.9. The van der Waals surface area contributed by atoms with Crippen LogP contribution in [0.4, 0.5) is 11.4 Å². The van der Waals surface area contributed by atoms with Gasteiger partial charge in [0.2, 0.25) is 11.8 Å². The highest BCUT2D eigenvalue weighted by Gasteiger charge is 2.32. The number of fused-ring (bicyclic) bond motifs is 2. The average molecular weight is 476 g/mol. The standard InChI is InChI=1S/C26H29N5O4/c1-30-9-7-27-24(30)13-20-19-12-18(4-5-21(19)29-26(20)33)28-25(32)15-31-8-6-16-10-22(34-2)23(35-3)11-17(16)14-31/h4-5,7,9-12,20H,6,8,13-15H2,1-3H3,(H,28,32)(H,29,33). The minimum Gasteiger partial charge on any atom is -0.493 e. The summed E-state index contributed by atoms with van der Waals surface area (Å²) < 4.78 is 12.8. The van der Waals surface area contributed by atoms with Crippen LogP contribution in [0.2, 0.25) is 0 Å². The third-order valence-electron chi connectivity index (χ3n) is 6.76. The van der Waals surface area contributed by atoms with E-state index in [1.807, 2.05) is 48.1 Å². The lowest BCUT2D eigenvalue weighted by molar-refractivity contribution is -0.118. The number of aryl methyl sites for hydroxylation is 1. The van der Waals surface area contributed by atoms with Crippen molar-refractivity contribution in [1.82, 2.24) is 14.5 Å². The monoisotopic (exact) mass is 475 g/mol. The second-order valence-electron chi connectivity index (χ2n) is 8.99. The molecule has 2 amide bonds. The number of nitrogens with zero attached hydrogens (tertiary/aromatic N) is 3. The molecule has 0 radical (unpaired) electrons. The fraction of sp³-hybridized carbons (Fsp3) is 0.346. The molecular formula is C26H29N5O4. The van der Waals surface area contributed by atoms with Crippen LogP contribution in [0.3, 0.4) is 0 Å². The Morgan fingerprint density at radius 3 is 2.66 bits per heavy atom. The number of imidazole rings is 1. The number of benzene rings is 2. The lowest BCUT2D eigenvalue weighted by Crippen LogP contribution is -2.37. The van der Waals surface area contributed by atoms with Gasteiger partial charge in [0.05, 0.1) is 26.7 Å². The molecule has 0 aliphatic carbocycles. The van der Waals surface area contributed by atoms with Crippen LogP contribution in [0.1, 0.15) is 28.4 Å². The van der Waals surface area contributed by atoms with Gasteiger partial charge in [0.25, 0.3) is 0 Å². The Labute approximate surface area is 204 Å². The smallest absolute Gasteiger partial charge is 0.238 e. The molecule has 1 atom stereocenters. The van der Waals surface area contributed by atoms with Crippen molar-refractivity contribution in [2.45, 2.75) is 25.3 Å². The summed E-state index contributed by atoms with van der Waals surface area (Å²) in [6.07, 6.45) is 4.93. The molecule has 0 bridgehead atoms. The second-order valence-corrected chi connectivity index (χ2v) is 8.99. The van der Waals surface area contributed by atoms with Gasteiger partial charge in [0, 0.05) is 50.3 Å². The summed E-state index contributed by atoms with van der Waals surface area (Å²) in [6.45, 7) is 1.72. The van der Waals surface area contributed by atoms with E-state index in [-0.39, 0.29) is 24.3 Å². The molecule has 0 fully saturated rings. The topological polar surface area (TPSA) is 97.7 Å². The zero-order valence-corrected chi connectivity index (χ0v) is 20.1. The number of methoxy groups -OCH3 is 2. The van der Waals surface area contributed by atoms with Crippen molar-refractivity contribution in [3.63, 3.8) is 0 Å². The second kappa shape index (κ2) is 9.42. The number of anilines is 2. The molecule has 2 aliphatic rings. The van der Waals surface area contributed by atoms with Crippen molar-refractivity contribution in [2.75, 3.05) is 37.9 Å². The van der Waals surface area contributed by atoms with E-state index in [9.17, 15) is 9.59 Å². The molecule has 3 aromatic rings. The summed E-state index contributed by atoms with van der Waals surface area (Å²) >= 11 is 0. The van der Waals surface area contributed by atoms with E-state index in [2.05, 4.69) is 20.5 Å². The Kier molecular flexibility index (Phi) is 6.17. The molecule has 3 heterocycles. The van der Waals surface area contributed by atoms with Gasteiger partial charge in [-0.2, -0.15) is 0 Å². The Bertz CT molecular complexity index is 1280. The van der Waals surface area contributed by atoms with Crippen molar-refractivity contribution in [3.8, 4) is 11.5 Å². The Balaban J connectivity index is 1.25. The first-order valence-electron chi connectivity index (χ1n) is 11.6. The summed E-state index contributed by atoms with van der Waals surface area (Å²) in [5, 5.41) is 5.94. The highest BCUT2D eigenvalue weighted by atomic mass is 16.5. The van der Waals surface area contributed by atoms with Gasteiger partial charge in [-0.05, 0) is 53.4 Å². The molecule has 2 aromatic carbocycles. The zero-order chi connectivity index (χ0) is 24.5. The van der Waals surface area contributed by atoms with Crippen LogP contribution in [0.25, 0.3) is 0 Å². The normalized spacial score (nSPS) is 16.9. The Hall–Kier alpha value is -3.85. The molecule has 2 N–H and O–H groups in total. The fourth-order valence-electron chi connectivity index (χ4n) is 4.86. The van der Waals surface area contributed by atoms with Gasteiger partial charge in [-0.3, -0.25) is 14.5 Å². The number of aromatic nitrogens is 2. The number of hydrogen-bond acceptors (Lipinski definition) is 6. The van der Waals surface area contributed by atoms with E-state index in [0.717, 1.165) is 41.4 Å². The first-order chi connectivity index (χ1) is 16.9. The zero-order valence-electron chi connectivity index (χ0n) is 20.1. The largest absolute Gasteiger partial charge is 0.493 e. The molecule has 5 rings (SSSR count). The number of hydrogen-bond donors (Lipinski definition) is 2. The van der Waals surface area contributed by atoms with Gasteiger partial charge in [-0.1, -0.05) is 0 Å². The number of carbonyl (C=O) groups is 2. The van der Waals surface area contributed by atoms with Crippen LogP contribution in [-0.2, 0) is 36.0 Å². The molecule has 2 aliphatic heterocycles. The van der Waals surface area contributed by atoms with Crippen LogP contribution < -0.4 is 20.1 Å². The van der Waals surface area contributed by atoms with Gasteiger partial charge >= 0.3 is 0 Å². The van der Waals surface area contributed by atoms with E-state index < -0.39 is 0 Å². The first kappa shape index (κ1) is 22.9. The third-order valence-corrected chi connectivity index (χ3v) is 6.76. The maximum Gasteiger partial charge on any atom is 0.238 e. The van der Waals surface area contributed by atoms with E-state index in [1.165, 1.54) is 5.56 Å². The molecule has 1 aromatic heterocycles. The first-order valence-corrected chi connectivity index (χ1v) is 11.6. The number of carbonyl (C=O) groups excluding carboxylic acids is 2. The van der Waals surface area contributed by atoms with Crippen LogP contribution in [0.5, 0.6) is 11.5 Å². The number of nitrogens with one attached hydrogen (secondary N) is 2. The third kappa shape index (κ3) is 4.59. The van der Waals surface area contributed by atoms with E-state index in [1.54, 1.807) is 20.4 Å². The Morgan fingerprint density at radius 2 is 1.94 bits per heavy atom. The highest BCUT2D eigenvalue weighted by Crippen LogP contribution is 2.36. The molecule has 9 heteroatoms. The molecular weight excluding hydrogens is 446 g/mol. The maximum atomic E-state index is 12.9. The predicted octanol–water partition coefficient (Wildman–Crippen LogP) is 2.71. The molecule has 1 unspecified atom stereocenters. The van der Waals surface area contributed by atoms with Gasteiger partial charge in [-0.25, -0.2) is 4.98 Å². The van der Waals surface area contributed by atoms with Gasteiger partial charge in [0.15, 0.2) is 11.5 Å². The minimum absolute atomic E-state index is 0.0504. The number of amides is 2. The maximum absolute atomic E-state index is 12.9. The molecule has 182 valence electrons. The summed E-state index contributed by atoms with van der Waals surface area (Å²) in [5.41, 5.74) is 4.70. The predicted molar refractivity (Wildman–Crippen MR) is 132 cm³/mol. The van der Waals surface area contributed by atoms with Crippen molar-refractivity contribution >= 4 is 23.2 Å². The Morgan fingerprint density at radius 1 is 1.17 bits per heavy atom. The lowest BCUT2D eigenvalue weighted by Gasteiger charge is -2.29. The van der Waals surface area contributed by atoms with Crippen molar-refractivity contribution in [3.05, 3.63) is 65.2 Å². The molecule has 0 saturated carbocycles. The molecule has 9 nitrogen and oxygen atoms in total. The van der Waals surface area contributed by atoms with Crippen molar-refractivity contribution in [2.24, 2.45) is 7.05 Å². The SMILES string of the molecule is COc1cc2c(cc1OC)CN(CC(=O)Nc1ccc3c(c1)C(Cc1nccn1C)C(=O)N3)CC2. The van der Waals surface area contributed by atoms with Crippen LogP contribution in [0.15, 0.2) is 42.7 Å². The minimum atomic E-state index is -0.339. The molecule has 0 spiro atoms. The van der Waals surface area contributed by atoms with Gasteiger partial charge < -0.3 is 24.7 Å². The van der Waals surface area contributed by atoms with Crippen molar-refractivity contribution in [1.29, 1.82) is 0 Å². The van der Waals surface area contributed by atoms with E-state index in [0.29, 0.717) is 24.4 Å². The molecule has 35 heavy (non-hydrogen) atoms. The summed E-state index contributed by atoms with van der Waals surface area (Å²) in [6, 6.07) is 9.57. The van der Waals surface area contributed by atoms with Gasteiger partial charge in [-0.15, -0.1) is 0 Å². The fourth-order valence-corrected chi connectivity index (χ4v) is 4.86. The number of rotatable bonds is 7. The van der Waals surface area contributed by atoms with E-state index >= 15 is 0 Å². The summed E-state index contributed by atoms with van der Waals surface area (Å²) in [5.74, 6) is 1.78. The molecule has 0 saturated heterocycles.